The van der Waals surface area contributed by atoms with Gasteiger partial charge in [0.05, 0.1) is 31.2 Å². The van der Waals surface area contributed by atoms with Crippen LogP contribution < -0.4 is 19.7 Å². The molecular formula is C30H30FN3O6. The fraction of sp³-hybridized carbons (Fsp3) is 0.267. The van der Waals surface area contributed by atoms with Gasteiger partial charge in [0.2, 0.25) is 11.8 Å². The number of methoxy groups -OCH3 is 2. The van der Waals surface area contributed by atoms with Gasteiger partial charge in [-0.2, -0.15) is 0 Å². The lowest BCUT2D eigenvalue weighted by Crippen LogP contribution is -2.53. The van der Waals surface area contributed by atoms with Crippen LogP contribution in [0.4, 0.5) is 15.8 Å². The molecule has 0 radical (unpaired) electrons. The van der Waals surface area contributed by atoms with Crippen LogP contribution in [-0.2, 0) is 20.9 Å². The van der Waals surface area contributed by atoms with Crippen LogP contribution in [0.3, 0.4) is 0 Å². The Balaban J connectivity index is 1.69. The molecule has 3 aromatic rings. The fourth-order valence-electron chi connectivity index (χ4n) is 4.70. The minimum atomic E-state index is -1.07. The normalized spacial score (nSPS) is 13.2. The van der Waals surface area contributed by atoms with E-state index in [1.807, 2.05) is 0 Å². The van der Waals surface area contributed by atoms with Gasteiger partial charge in [0.15, 0.2) is 0 Å². The van der Waals surface area contributed by atoms with Crippen LogP contribution in [0, 0.1) is 11.7 Å². The van der Waals surface area contributed by atoms with Gasteiger partial charge in [0, 0.05) is 18.2 Å². The number of hydrogen-bond donors (Lipinski definition) is 1. The molecule has 0 bridgehead atoms. The number of carbonyl (C=O) groups is 4. The summed E-state index contributed by atoms with van der Waals surface area (Å²) >= 11 is 0. The number of rotatable bonds is 10. The SMILES string of the molecule is COc1ccc(NC(=O)C(C(C)C)N(Cc2ccccc2F)C(=O)CN2C(=O)C(=O)c3ccccc32)c(OC)c1. The summed E-state index contributed by atoms with van der Waals surface area (Å²) in [6, 6.07) is 16.1. The number of anilines is 2. The molecule has 0 saturated carbocycles. The zero-order chi connectivity index (χ0) is 29.0. The van der Waals surface area contributed by atoms with Gasteiger partial charge in [-0.05, 0) is 36.2 Å². The Labute approximate surface area is 231 Å². The second-order valence-electron chi connectivity index (χ2n) is 9.59. The van der Waals surface area contributed by atoms with Gasteiger partial charge in [0.25, 0.3) is 11.7 Å². The molecule has 1 aliphatic heterocycles. The maximum absolute atomic E-state index is 14.7. The lowest BCUT2D eigenvalue weighted by molar-refractivity contribution is -0.140. The van der Waals surface area contributed by atoms with Gasteiger partial charge in [0.1, 0.15) is 29.9 Å². The molecule has 0 aromatic heterocycles. The number of ether oxygens (including phenoxy) is 2. The molecule has 3 amide bonds. The Morgan fingerprint density at radius 1 is 0.975 bits per heavy atom. The number of carbonyl (C=O) groups excluding carboxylic acids is 4. The largest absolute Gasteiger partial charge is 0.497 e. The van der Waals surface area contributed by atoms with E-state index in [1.165, 1.54) is 43.4 Å². The second-order valence-corrected chi connectivity index (χ2v) is 9.59. The fourth-order valence-corrected chi connectivity index (χ4v) is 4.70. The summed E-state index contributed by atoms with van der Waals surface area (Å²) in [5.74, 6) is -2.80. The molecule has 1 atom stereocenters. The van der Waals surface area contributed by atoms with E-state index in [-0.39, 0.29) is 17.7 Å². The molecule has 10 heteroatoms. The first-order valence-electron chi connectivity index (χ1n) is 12.7. The standard InChI is InChI=1S/C30H30FN3O6/c1-18(2)27(29(37)32-23-14-13-20(39-3)15-25(23)40-4)34(16-19-9-5-7-11-22(19)31)26(35)17-33-24-12-8-6-10-21(24)28(36)30(33)38/h5-15,18,27H,16-17H2,1-4H3,(H,32,37). The Kier molecular flexibility index (Phi) is 8.47. The molecule has 40 heavy (non-hydrogen) atoms. The minimum absolute atomic E-state index is 0.195. The van der Waals surface area contributed by atoms with E-state index < -0.39 is 47.8 Å². The van der Waals surface area contributed by atoms with E-state index >= 15 is 0 Å². The summed E-state index contributed by atoms with van der Waals surface area (Å²) in [6.07, 6.45) is 0. The lowest BCUT2D eigenvalue weighted by atomic mass is 9.99. The van der Waals surface area contributed by atoms with Gasteiger partial charge in [-0.15, -0.1) is 0 Å². The van der Waals surface area contributed by atoms with E-state index in [4.69, 9.17) is 9.47 Å². The molecule has 1 heterocycles. The first-order valence-corrected chi connectivity index (χ1v) is 12.7. The van der Waals surface area contributed by atoms with Crippen LogP contribution in [0.15, 0.2) is 66.7 Å². The van der Waals surface area contributed by atoms with E-state index in [0.29, 0.717) is 22.9 Å². The molecule has 0 spiro atoms. The van der Waals surface area contributed by atoms with Crippen molar-refractivity contribution in [1.29, 1.82) is 0 Å². The number of amides is 3. The van der Waals surface area contributed by atoms with E-state index in [2.05, 4.69) is 5.32 Å². The van der Waals surface area contributed by atoms with Crippen molar-refractivity contribution in [1.82, 2.24) is 4.90 Å². The van der Waals surface area contributed by atoms with Crippen molar-refractivity contribution in [3.8, 4) is 11.5 Å². The zero-order valence-corrected chi connectivity index (χ0v) is 22.6. The van der Waals surface area contributed by atoms with Crippen molar-refractivity contribution in [2.75, 3.05) is 31.0 Å². The van der Waals surface area contributed by atoms with E-state index in [9.17, 15) is 23.6 Å². The number of para-hydroxylation sites is 1. The molecule has 1 N–H and O–H groups in total. The predicted octanol–water partition coefficient (Wildman–Crippen LogP) is 4.06. The Bertz CT molecular complexity index is 1460. The maximum atomic E-state index is 14.7. The van der Waals surface area contributed by atoms with Crippen molar-refractivity contribution < 1.29 is 33.0 Å². The van der Waals surface area contributed by atoms with Crippen LogP contribution in [0.2, 0.25) is 0 Å². The topological polar surface area (TPSA) is 105 Å². The quantitative estimate of drug-likeness (QED) is 0.384. The number of halogens is 1. The minimum Gasteiger partial charge on any atom is -0.497 e. The molecule has 0 saturated heterocycles. The highest BCUT2D eigenvalue weighted by Gasteiger charge is 2.40. The molecule has 208 valence electrons. The second kappa shape index (κ2) is 12.0. The van der Waals surface area contributed by atoms with Gasteiger partial charge < -0.3 is 19.7 Å². The van der Waals surface area contributed by atoms with Crippen LogP contribution in [0.5, 0.6) is 11.5 Å². The number of hydrogen-bond acceptors (Lipinski definition) is 6. The lowest BCUT2D eigenvalue weighted by Gasteiger charge is -2.35. The molecule has 9 nitrogen and oxygen atoms in total. The van der Waals surface area contributed by atoms with Crippen molar-refractivity contribution in [2.45, 2.75) is 26.4 Å². The molecule has 1 aliphatic rings. The van der Waals surface area contributed by atoms with Crippen molar-refractivity contribution in [2.24, 2.45) is 5.92 Å². The monoisotopic (exact) mass is 547 g/mol. The molecule has 0 aliphatic carbocycles. The predicted molar refractivity (Wildman–Crippen MR) is 147 cm³/mol. The smallest absolute Gasteiger partial charge is 0.299 e. The van der Waals surface area contributed by atoms with E-state index in [1.54, 1.807) is 56.3 Å². The highest BCUT2D eigenvalue weighted by atomic mass is 19.1. The summed E-state index contributed by atoms with van der Waals surface area (Å²) in [5, 5.41) is 2.81. The summed E-state index contributed by atoms with van der Waals surface area (Å²) in [5.41, 5.74) is 1.06. The summed E-state index contributed by atoms with van der Waals surface area (Å²) in [7, 11) is 2.95. The van der Waals surface area contributed by atoms with Crippen LogP contribution in [0.25, 0.3) is 0 Å². The number of ketones is 1. The number of fused-ring (bicyclic) bond motifs is 1. The summed E-state index contributed by atoms with van der Waals surface area (Å²) < 4.78 is 25.3. The van der Waals surface area contributed by atoms with Crippen LogP contribution in [-0.4, -0.2) is 55.2 Å². The summed E-state index contributed by atoms with van der Waals surface area (Å²) in [4.78, 5) is 55.2. The number of nitrogens with zero attached hydrogens (tertiary/aromatic N) is 2. The Morgan fingerprint density at radius 2 is 1.68 bits per heavy atom. The Morgan fingerprint density at radius 3 is 2.35 bits per heavy atom. The zero-order valence-electron chi connectivity index (χ0n) is 22.6. The Hall–Kier alpha value is -4.73. The van der Waals surface area contributed by atoms with Crippen LogP contribution >= 0.6 is 0 Å². The third kappa shape index (κ3) is 5.66. The molecule has 0 fully saturated rings. The number of nitrogens with one attached hydrogen (secondary N) is 1. The number of benzene rings is 3. The third-order valence-electron chi connectivity index (χ3n) is 6.69. The van der Waals surface area contributed by atoms with Gasteiger partial charge in [-0.3, -0.25) is 24.1 Å². The van der Waals surface area contributed by atoms with Crippen molar-refractivity contribution >= 4 is 34.9 Å². The molecule has 4 rings (SSSR count). The molecular weight excluding hydrogens is 517 g/mol. The average molecular weight is 548 g/mol. The molecule has 1 unspecified atom stereocenters. The van der Waals surface area contributed by atoms with Gasteiger partial charge >= 0.3 is 0 Å². The first kappa shape index (κ1) is 28.3. The van der Waals surface area contributed by atoms with Crippen LogP contribution in [0.1, 0.15) is 29.8 Å². The maximum Gasteiger partial charge on any atom is 0.299 e. The molecule has 3 aromatic carbocycles. The van der Waals surface area contributed by atoms with E-state index in [0.717, 1.165) is 4.90 Å². The average Bonchev–Trinajstić information content (AvgIpc) is 3.18. The van der Waals surface area contributed by atoms with Crippen molar-refractivity contribution in [3.05, 3.63) is 83.7 Å². The van der Waals surface area contributed by atoms with Crippen molar-refractivity contribution in [3.63, 3.8) is 0 Å². The third-order valence-corrected chi connectivity index (χ3v) is 6.69. The first-order chi connectivity index (χ1) is 19.2. The van der Waals surface area contributed by atoms with Gasteiger partial charge in [-0.25, -0.2) is 4.39 Å². The highest BCUT2D eigenvalue weighted by Crippen LogP contribution is 2.31. The summed E-state index contributed by atoms with van der Waals surface area (Å²) in [6.45, 7) is 2.78. The van der Waals surface area contributed by atoms with Gasteiger partial charge in [-0.1, -0.05) is 44.2 Å². The number of Topliss-reactive ketones (excluding diaryl/α,β-unsaturated/α-hetero) is 1. The highest BCUT2D eigenvalue weighted by molar-refractivity contribution is 6.52.